The van der Waals surface area contributed by atoms with E-state index in [0.717, 1.165) is 33.6 Å². The number of nitrogens with zero attached hydrogens (tertiary/aromatic N) is 1. The Hall–Kier alpha value is -3.92. The summed E-state index contributed by atoms with van der Waals surface area (Å²) in [7, 11) is 0. The third-order valence-electron chi connectivity index (χ3n) is 4.86. The van der Waals surface area contributed by atoms with Crippen LogP contribution in [-0.2, 0) is 0 Å². The second-order valence-corrected chi connectivity index (χ2v) is 6.71. The summed E-state index contributed by atoms with van der Waals surface area (Å²) in [4.78, 5) is 7.69. The maximum Gasteiger partial charge on any atom is 0.137 e. The van der Waals surface area contributed by atoms with Gasteiger partial charge in [0, 0.05) is 40.0 Å². The van der Waals surface area contributed by atoms with Gasteiger partial charge in [-0.3, -0.25) is 0 Å². The fourth-order valence-electron chi connectivity index (χ4n) is 3.46. The Bertz CT molecular complexity index is 1290. The number of nitrogens with one attached hydrogen (secondary N) is 1. The number of rotatable bonds is 4. The van der Waals surface area contributed by atoms with Gasteiger partial charge in [-0.1, -0.05) is 54.6 Å². The maximum absolute atomic E-state index is 14.4. The molecular weight excluding hydrogens is 363 g/mol. The van der Waals surface area contributed by atoms with Gasteiger partial charge in [0.25, 0.3) is 0 Å². The van der Waals surface area contributed by atoms with Crippen molar-refractivity contribution in [2.75, 3.05) is 0 Å². The van der Waals surface area contributed by atoms with Crippen molar-refractivity contribution in [2.24, 2.45) is 0 Å². The highest BCUT2D eigenvalue weighted by molar-refractivity contribution is 5.96. The standard InChI is InChI=1S/C25H17FN2O/c26-23-12-6-4-11-20(23)22-16-28-25-21(22)14-17(15-27-25)19-10-5-7-13-24(19)29-18-8-2-1-3-9-18/h1-16H,(H,27,28). The molecule has 3 aromatic carbocycles. The largest absolute Gasteiger partial charge is 0.457 e. The van der Waals surface area contributed by atoms with Crippen LogP contribution < -0.4 is 4.74 Å². The molecular formula is C25H17FN2O. The molecule has 0 saturated carbocycles. The molecule has 2 aromatic heterocycles. The number of hydrogen-bond acceptors (Lipinski definition) is 2. The molecule has 0 saturated heterocycles. The van der Waals surface area contributed by atoms with Crippen molar-refractivity contribution >= 4 is 11.0 Å². The average Bonchev–Trinajstić information content (AvgIpc) is 3.18. The Morgan fingerprint density at radius 3 is 2.31 bits per heavy atom. The first-order chi connectivity index (χ1) is 14.3. The number of fused-ring (bicyclic) bond motifs is 1. The van der Waals surface area contributed by atoms with Crippen molar-refractivity contribution in [3.8, 4) is 33.8 Å². The lowest BCUT2D eigenvalue weighted by Crippen LogP contribution is -1.89. The molecule has 0 spiro atoms. The van der Waals surface area contributed by atoms with Crippen LogP contribution in [-0.4, -0.2) is 9.97 Å². The molecule has 0 aliphatic rings. The number of H-pyrrole nitrogens is 1. The zero-order valence-corrected chi connectivity index (χ0v) is 15.5. The summed E-state index contributed by atoms with van der Waals surface area (Å²) >= 11 is 0. The van der Waals surface area contributed by atoms with Crippen molar-refractivity contribution in [1.82, 2.24) is 9.97 Å². The van der Waals surface area contributed by atoms with Crippen molar-refractivity contribution in [3.05, 3.63) is 103 Å². The summed E-state index contributed by atoms with van der Waals surface area (Å²) in [5.41, 5.74) is 3.88. The van der Waals surface area contributed by atoms with E-state index in [2.05, 4.69) is 9.97 Å². The molecule has 0 fully saturated rings. The predicted molar refractivity (Wildman–Crippen MR) is 113 cm³/mol. The van der Waals surface area contributed by atoms with Crippen LogP contribution in [0.4, 0.5) is 4.39 Å². The van der Waals surface area contributed by atoms with Crippen LogP contribution in [0, 0.1) is 5.82 Å². The summed E-state index contributed by atoms with van der Waals surface area (Å²) < 4.78 is 20.5. The molecule has 29 heavy (non-hydrogen) atoms. The number of aromatic amines is 1. The highest BCUT2D eigenvalue weighted by Gasteiger charge is 2.14. The SMILES string of the molecule is Fc1ccccc1-c1c[nH]c2ncc(-c3ccccc3Oc3ccccc3)cc12. The Morgan fingerprint density at radius 1 is 0.759 bits per heavy atom. The highest BCUT2D eigenvalue weighted by atomic mass is 19.1. The van der Waals surface area contributed by atoms with Crippen LogP contribution in [0.25, 0.3) is 33.3 Å². The minimum absolute atomic E-state index is 0.258. The third-order valence-corrected chi connectivity index (χ3v) is 4.86. The van der Waals surface area contributed by atoms with Gasteiger partial charge in [0.15, 0.2) is 0 Å². The number of ether oxygens (including phenoxy) is 1. The van der Waals surface area contributed by atoms with Gasteiger partial charge in [0.05, 0.1) is 0 Å². The fraction of sp³-hybridized carbons (Fsp3) is 0. The van der Waals surface area contributed by atoms with E-state index < -0.39 is 0 Å². The van der Waals surface area contributed by atoms with Crippen molar-refractivity contribution in [1.29, 1.82) is 0 Å². The summed E-state index contributed by atoms with van der Waals surface area (Å²) in [5.74, 6) is 1.25. The Labute approximate surface area is 167 Å². The maximum atomic E-state index is 14.4. The van der Waals surface area contributed by atoms with E-state index in [0.29, 0.717) is 11.2 Å². The molecule has 0 unspecified atom stereocenters. The van der Waals surface area contributed by atoms with E-state index in [9.17, 15) is 4.39 Å². The van der Waals surface area contributed by atoms with Crippen LogP contribution >= 0.6 is 0 Å². The van der Waals surface area contributed by atoms with Crippen molar-refractivity contribution in [3.63, 3.8) is 0 Å². The van der Waals surface area contributed by atoms with Gasteiger partial charge in [0.2, 0.25) is 0 Å². The van der Waals surface area contributed by atoms with E-state index in [1.807, 2.05) is 66.7 Å². The molecule has 5 rings (SSSR count). The molecule has 140 valence electrons. The molecule has 2 heterocycles. The molecule has 0 atom stereocenters. The number of benzene rings is 3. The second-order valence-electron chi connectivity index (χ2n) is 6.71. The van der Waals surface area contributed by atoms with Gasteiger partial charge in [-0.25, -0.2) is 9.37 Å². The number of para-hydroxylation sites is 2. The van der Waals surface area contributed by atoms with Gasteiger partial charge < -0.3 is 9.72 Å². The minimum Gasteiger partial charge on any atom is -0.457 e. The molecule has 5 aromatic rings. The highest BCUT2D eigenvalue weighted by Crippen LogP contribution is 2.36. The van der Waals surface area contributed by atoms with E-state index >= 15 is 0 Å². The molecule has 1 N–H and O–H groups in total. The predicted octanol–water partition coefficient (Wildman–Crippen LogP) is 6.83. The van der Waals surface area contributed by atoms with E-state index in [1.165, 1.54) is 6.07 Å². The van der Waals surface area contributed by atoms with Crippen LogP contribution in [0.1, 0.15) is 0 Å². The Kier molecular flexibility index (Phi) is 4.30. The van der Waals surface area contributed by atoms with Gasteiger partial charge >= 0.3 is 0 Å². The van der Waals surface area contributed by atoms with Gasteiger partial charge in [-0.05, 0) is 30.3 Å². The van der Waals surface area contributed by atoms with E-state index in [1.54, 1.807) is 24.5 Å². The normalized spacial score (nSPS) is 10.9. The zero-order chi connectivity index (χ0) is 19.6. The first kappa shape index (κ1) is 17.2. The second kappa shape index (κ2) is 7.24. The molecule has 0 bridgehead atoms. The smallest absolute Gasteiger partial charge is 0.137 e. The molecule has 0 aliphatic heterocycles. The lowest BCUT2D eigenvalue weighted by Gasteiger charge is -2.11. The Balaban J connectivity index is 1.62. The topological polar surface area (TPSA) is 37.9 Å². The number of aromatic nitrogens is 2. The monoisotopic (exact) mass is 380 g/mol. The molecule has 0 amide bonds. The lowest BCUT2D eigenvalue weighted by atomic mass is 10.0. The zero-order valence-electron chi connectivity index (χ0n) is 15.5. The van der Waals surface area contributed by atoms with E-state index in [-0.39, 0.29) is 5.82 Å². The summed E-state index contributed by atoms with van der Waals surface area (Å²) in [6.07, 6.45) is 3.60. The summed E-state index contributed by atoms with van der Waals surface area (Å²) in [6.45, 7) is 0. The lowest BCUT2D eigenvalue weighted by molar-refractivity contribution is 0.484. The van der Waals surface area contributed by atoms with Gasteiger partial charge in [-0.15, -0.1) is 0 Å². The first-order valence-corrected chi connectivity index (χ1v) is 9.34. The van der Waals surface area contributed by atoms with Crippen molar-refractivity contribution < 1.29 is 9.13 Å². The molecule has 0 aliphatic carbocycles. The molecule has 0 radical (unpaired) electrons. The quantitative estimate of drug-likeness (QED) is 0.371. The molecule has 4 heteroatoms. The average molecular weight is 380 g/mol. The van der Waals surface area contributed by atoms with Crippen LogP contribution in [0.3, 0.4) is 0 Å². The molecule has 3 nitrogen and oxygen atoms in total. The van der Waals surface area contributed by atoms with Crippen LogP contribution in [0.15, 0.2) is 97.3 Å². The fourth-order valence-corrected chi connectivity index (χ4v) is 3.46. The van der Waals surface area contributed by atoms with Crippen LogP contribution in [0.2, 0.25) is 0 Å². The van der Waals surface area contributed by atoms with E-state index in [4.69, 9.17) is 4.74 Å². The number of hydrogen-bond donors (Lipinski definition) is 1. The third kappa shape index (κ3) is 3.25. The van der Waals surface area contributed by atoms with Crippen LogP contribution in [0.5, 0.6) is 11.5 Å². The number of pyridine rings is 1. The van der Waals surface area contributed by atoms with Gasteiger partial charge in [0.1, 0.15) is 23.0 Å². The minimum atomic E-state index is -0.258. The summed E-state index contributed by atoms with van der Waals surface area (Å²) in [5, 5.41) is 0.863. The first-order valence-electron chi connectivity index (χ1n) is 9.34. The Morgan fingerprint density at radius 2 is 1.48 bits per heavy atom. The summed E-state index contributed by atoms with van der Waals surface area (Å²) in [6, 6.07) is 26.3. The van der Waals surface area contributed by atoms with Gasteiger partial charge in [-0.2, -0.15) is 0 Å². The number of halogens is 1. The van der Waals surface area contributed by atoms with Crippen molar-refractivity contribution in [2.45, 2.75) is 0 Å².